The van der Waals surface area contributed by atoms with Crippen LogP contribution in [0.3, 0.4) is 0 Å². The molecule has 2 rings (SSSR count). The summed E-state index contributed by atoms with van der Waals surface area (Å²) >= 11 is 0. The zero-order valence-corrected chi connectivity index (χ0v) is 13.5. The highest BCUT2D eigenvalue weighted by Gasteiger charge is 2.17. The first-order chi connectivity index (χ1) is 10.7. The highest BCUT2D eigenvalue weighted by molar-refractivity contribution is 5.27. The lowest BCUT2D eigenvalue weighted by atomic mass is 9.91. The molecule has 1 fully saturated rings. The van der Waals surface area contributed by atoms with Crippen molar-refractivity contribution >= 4 is 0 Å². The molecule has 0 aliphatic carbocycles. The van der Waals surface area contributed by atoms with Crippen LogP contribution in [-0.4, -0.2) is 38.1 Å². The lowest BCUT2D eigenvalue weighted by Gasteiger charge is -2.28. The number of likely N-dealkylation sites (tertiary alicyclic amines) is 1. The van der Waals surface area contributed by atoms with Crippen LogP contribution in [0.5, 0.6) is 0 Å². The molecule has 4 heteroatoms. The van der Waals surface area contributed by atoms with Gasteiger partial charge >= 0.3 is 0 Å². The number of piperidine rings is 1. The molecule has 124 valence electrons. The second-order valence-corrected chi connectivity index (χ2v) is 6.25. The third kappa shape index (κ3) is 5.33. The molecule has 1 atom stereocenters. The molecule has 0 amide bonds. The van der Waals surface area contributed by atoms with E-state index in [4.69, 9.17) is 0 Å². The summed E-state index contributed by atoms with van der Waals surface area (Å²) in [7, 11) is 1.94. The fourth-order valence-corrected chi connectivity index (χ4v) is 3.27. The van der Waals surface area contributed by atoms with E-state index in [2.05, 4.69) is 10.2 Å². The van der Waals surface area contributed by atoms with Crippen molar-refractivity contribution in [2.45, 2.75) is 44.4 Å². The molecule has 1 aliphatic rings. The Balaban J connectivity index is 1.99. The van der Waals surface area contributed by atoms with Gasteiger partial charge in [-0.25, -0.2) is 8.78 Å². The lowest BCUT2D eigenvalue weighted by molar-refractivity contribution is 0.151. The van der Waals surface area contributed by atoms with Crippen LogP contribution in [0.2, 0.25) is 0 Å². The first-order valence-electron chi connectivity index (χ1n) is 8.45. The predicted molar refractivity (Wildman–Crippen MR) is 87.6 cm³/mol. The maximum atomic E-state index is 12.9. The van der Waals surface area contributed by atoms with Crippen LogP contribution in [0.25, 0.3) is 0 Å². The first kappa shape index (κ1) is 17.4. The Morgan fingerprint density at radius 1 is 1.09 bits per heavy atom. The van der Waals surface area contributed by atoms with E-state index in [-0.39, 0.29) is 5.56 Å². The number of hydrogen-bond donors (Lipinski definition) is 1. The van der Waals surface area contributed by atoms with Gasteiger partial charge in [-0.05, 0) is 76.5 Å². The zero-order chi connectivity index (χ0) is 15.8. The maximum absolute atomic E-state index is 12.9. The Morgan fingerprint density at radius 2 is 1.82 bits per heavy atom. The van der Waals surface area contributed by atoms with Gasteiger partial charge in [0.1, 0.15) is 0 Å². The van der Waals surface area contributed by atoms with Gasteiger partial charge in [0.2, 0.25) is 0 Å². The summed E-state index contributed by atoms with van der Waals surface area (Å²) in [5, 5.41) is 3.18. The average molecular weight is 310 g/mol. The number of halogens is 2. The first-order valence-corrected chi connectivity index (χ1v) is 8.45. The number of nitrogens with one attached hydrogen (secondary N) is 1. The summed E-state index contributed by atoms with van der Waals surface area (Å²) in [5.74, 6) is 0.355. The predicted octanol–water partition coefficient (Wildman–Crippen LogP) is 4.19. The van der Waals surface area contributed by atoms with Crippen molar-refractivity contribution in [1.29, 1.82) is 0 Å². The maximum Gasteiger partial charge on any atom is 0.263 e. The van der Waals surface area contributed by atoms with E-state index in [1.165, 1.54) is 38.4 Å². The third-order valence-corrected chi connectivity index (χ3v) is 4.62. The van der Waals surface area contributed by atoms with Crippen molar-refractivity contribution in [3.63, 3.8) is 0 Å². The van der Waals surface area contributed by atoms with Crippen LogP contribution in [0, 0.1) is 0 Å². The molecule has 1 saturated heterocycles. The molecule has 0 radical (unpaired) electrons. The number of nitrogens with zero attached hydrogens (tertiary/aromatic N) is 1. The summed E-state index contributed by atoms with van der Waals surface area (Å²) in [6, 6.07) is 6.99. The van der Waals surface area contributed by atoms with Gasteiger partial charge in [-0.3, -0.25) is 0 Å². The van der Waals surface area contributed by atoms with Crippen molar-refractivity contribution in [1.82, 2.24) is 10.2 Å². The van der Waals surface area contributed by atoms with E-state index in [1.54, 1.807) is 12.1 Å². The van der Waals surface area contributed by atoms with Crippen molar-refractivity contribution in [2.24, 2.45) is 0 Å². The molecule has 2 nitrogen and oxygen atoms in total. The Kier molecular flexibility index (Phi) is 7.26. The molecule has 0 unspecified atom stereocenters. The molecule has 0 spiro atoms. The monoisotopic (exact) mass is 310 g/mol. The molecule has 0 bridgehead atoms. The van der Waals surface area contributed by atoms with E-state index < -0.39 is 6.43 Å². The second kappa shape index (κ2) is 9.21. The van der Waals surface area contributed by atoms with Gasteiger partial charge in [0.05, 0.1) is 0 Å². The standard InChI is InChI=1S/C18H28F2N2/c1-21-10-8-15(9-13-22-11-3-2-4-12-22)16-6-5-7-17(14-16)18(19)20/h5-7,14-15,18,21H,2-4,8-13H2,1H3/t15-/m1/s1. The van der Waals surface area contributed by atoms with Crippen LogP contribution >= 0.6 is 0 Å². The van der Waals surface area contributed by atoms with E-state index in [0.29, 0.717) is 5.92 Å². The lowest BCUT2D eigenvalue weighted by Crippen LogP contribution is -2.31. The Hall–Kier alpha value is -1.00. The second-order valence-electron chi connectivity index (χ2n) is 6.25. The van der Waals surface area contributed by atoms with Crippen molar-refractivity contribution in [2.75, 3.05) is 33.2 Å². The van der Waals surface area contributed by atoms with Crippen LogP contribution in [-0.2, 0) is 0 Å². The van der Waals surface area contributed by atoms with Crippen LogP contribution in [0.1, 0.15) is 55.6 Å². The molecular weight excluding hydrogens is 282 g/mol. The fraction of sp³-hybridized carbons (Fsp3) is 0.667. The SMILES string of the molecule is CNCC[C@H](CCN1CCCCC1)c1cccc(C(F)F)c1. The van der Waals surface area contributed by atoms with Gasteiger partial charge < -0.3 is 10.2 Å². The highest BCUT2D eigenvalue weighted by atomic mass is 19.3. The summed E-state index contributed by atoms with van der Waals surface area (Å²) in [5.41, 5.74) is 1.20. The number of rotatable bonds is 8. The zero-order valence-electron chi connectivity index (χ0n) is 13.5. The Bertz CT molecular complexity index is 431. The van der Waals surface area contributed by atoms with Crippen LogP contribution in [0.4, 0.5) is 8.78 Å². The molecule has 1 aliphatic heterocycles. The molecule has 1 aromatic carbocycles. The van der Waals surface area contributed by atoms with Gasteiger partial charge in [0.15, 0.2) is 0 Å². The summed E-state index contributed by atoms with van der Waals surface area (Å²) in [6.45, 7) is 4.38. The molecule has 22 heavy (non-hydrogen) atoms. The number of benzene rings is 1. The van der Waals surface area contributed by atoms with Gasteiger partial charge in [0, 0.05) is 5.56 Å². The summed E-state index contributed by atoms with van der Waals surface area (Å²) < 4.78 is 25.8. The van der Waals surface area contributed by atoms with Gasteiger partial charge in [-0.1, -0.05) is 24.6 Å². The largest absolute Gasteiger partial charge is 0.320 e. The van der Waals surface area contributed by atoms with Gasteiger partial charge in [-0.2, -0.15) is 0 Å². The van der Waals surface area contributed by atoms with Crippen molar-refractivity contribution < 1.29 is 8.78 Å². The van der Waals surface area contributed by atoms with E-state index in [0.717, 1.165) is 31.5 Å². The summed E-state index contributed by atoms with van der Waals surface area (Å²) in [6.07, 6.45) is 3.60. The highest BCUT2D eigenvalue weighted by Crippen LogP contribution is 2.28. The van der Waals surface area contributed by atoms with Crippen LogP contribution < -0.4 is 5.32 Å². The number of alkyl halides is 2. The fourth-order valence-electron chi connectivity index (χ4n) is 3.27. The molecule has 0 aromatic heterocycles. The van der Waals surface area contributed by atoms with Crippen molar-refractivity contribution in [3.8, 4) is 0 Å². The topological polar surface area (TPSA) is 15.3 Å². The quantitative estimate of drug-likeness (QED) is 0.774. The molecule has 1 N–H and O–H groups in total. The van der Waals surface area contributed by atoms with Crippen molar-refractivity contribution in [3.05, 3.63) is 35.4 Å². The normalized spacial score (nSPS) is 17.8. The van der Waals surface area contributed by atoms with E-state index in [9.17, 15) is 8.78 Å². The molecule has 0 saturated carbocycles. The number of hydrogen-bond acceptors (Lipinski definition) is 2. The minimum absolute atomic E-state index is 0.143. The minimum atomic E-state index is -2.38. The third-order valence-electron chi connectivity index (χ3n) is 4.62. The van der Waals surface area contributed by atoms with E-state index >= 15 is 0 Å². The minimum Gasteiger partial charge on any atom is -0.320 e. The Morgan fingerprint density at radius 3 is 2.50 bits per heavy atom. The molecular formula is C18H28F2N2. The van der Waals surface area contributed by atoms with Crippen LogP contribution in [0.15, 0.2) is 24.3 Å². The van der Waals surface area contributed by atoms with Gasteiger partial charge in [-0.15, -0.1) is 0 Å². The van der Waals surface area contributed by atoms with Gasteiger partial charge in [0.25, 0.3) is 6.43 Å². The molecule has 1 heterocycles. The smallest absolute Gasteiger partial charge is 0.263 e. The summed E-state index contributed by atoms with van der Waals surface area (Å²) in [4.78, 5) is 2.52. The molecule has 1 aromatic rings. The van der Waals surface area contributed by atoms with E-state index in [1.807, 2.05) is 13.1 Å². The Labute approximate surface area is 132 Å². The average Bonchev–Trinajstić information content (AvgIpc) is 2.56.